The van der Waals surface area contributed by atoms with E-state index in [2.05, 4.69) is 10.3 Å². The third kappa shape index (κ3) is 5.11. The summed E-state index contributed by atoms with van der Waals surface area (Å²) in [7, 11) is 1.57. The summed E-state index contributed by atoms with van der Waals surface area (Å²) in [5, 5.41) is 4.20. The topological polar surface area (TPSA) is 64.3 Å². The maximum Gasteiger partial charge on any atom is 0.416 e. The number of aromatic nitrogens is 3. The van der Waals surface area contributed by atoms with Gasteiger partial charge < -0.3 is 14.6 Å². The van der Waals surface area contributed by atoms with Gasteiger partial charge in [-0.3, -0.25) is 4.99 Å². The summed E-state index contributed by atoms with van der Waals surface area (Å²) < 4.78 is 47.4. The molecule has 0 spiro atoms. The second kappa shape index (κ2) is 10.6. The van der Waals surface area contributed by atoms with Crippen LogP contribution >= 0.6 is 0 Å². The first-order valence-electron chi connectivity index (χ1n) is 13.3. The van der Waals surface area contributed by atoms with Crippen LogP contribution in [0.1, 0.15) is 37.7 Å². The molecular weight excluding hydrogens is 515 g/mol. The van der Waals surface area contributed by atoms with Crippen molar-refractivity contribution in [2.75, 3.05) is 12.4 Å². The van der Waals surface area contributed by atoms with Crippen molar-refractivity contribution in [1.29, 1.82) is 0 Å². The lowest BCUT2D eigenvalue weighted by molar-refractivity contribution is -0.137. The molecule has 1 fully saturated rings. The molecule has 9 heteroatoms. The summed E-state index contributed by atoms with van der Waals surface area (Å²) in [6.07, 6.45) is 2.78. The number of anilines is 2. The van der Waals surface area contributed by atoms with Crippen molar-refractivity contribution in [3.63, 3.8) is 0 Å². The van der Waals surface area contributed by atoms with Gasteiger partial charge in [0.25, 0.3) is 0 Å². The van der Waals surface area contributed by atoms with Gasteiger partial charge in [-0.1, -0.05) is 31.4 Å². The Kier molecular flexibility index (Phi) is 6.88. The highest BCUT2D eigenvalue weighted by molar-refractivity contribution is 5.84. The van der Waals surface area contributed by atoms with Gasteiger partial charge in [-0.05, 0) is 73.5 Å². The number of fused-ring (bicyclic) bond motifs is 2. The molecule has 2 aliphatic carbocycles. The number of halogens is 3. The Bertz CT molecular complexity index is 1690. The van der Waals surface area contributed by atoms with E-state index in [1.165, 1.54) is 18.6 Å². The van der Waals surface area contributed by atoms with Gasteiger partial charge in [0.1, 0.15) is 5.69 Å². The quantitative estimate of drug-likeness (QED) is 0.233. The van der Waals surface area contributed by atoms with Crippen LogP contribution in [0.2, 0.25) is 0 Å². The van der Waals surface area contributed by atoms with Crippen molar-refractivity contribution < 1.29 is 17.9 Å². The summed E-state index contributed by atoms with van der Waals surface area (Å²) in [6, 6.07) is 20.7. The number of pyridine rings is 1. The number of alkyl halides is 3. The molecule has 3 aromatic rings. The minimum atomic E-state index is -4.41. The molecule has 6 rings (SSSR count). The maximum absolute atomic E-state index is 13.3. The minimum Gasteiger partial charge on any atom is -0.480 e. The van der Waals surface area contributed by atoms with Gasteiger partial charge in [-0.15, -0.1) is 0 Å². The molecule has 1 aliphatic heterocycles. The number of ether oxygens (including phenoxy) is 1. The largest absolute Gasteiger partial charge is 0.480 e. The zero-order valence-electron chi connectivity index (χ0n) is 21.9. The van der Waals surface area contributed by atoms with Crippen molar-refractivity contribution in [2.45, 2.75) is 44.3 Å². The van der Waals surface area contributed by atoms with Crippen LogP contribution in [-0.2, 0) is 6.18 Å². The fourth-order valence-electron chi connectivity index (χ4n) is 5.33. The van der Waals surface area contributed by atoms with Crippen molar-refractivity contribution >= 4 is 22.4 Å². The molecule has 0 radical (unpaired) electrons. The molecule has 1 aromatic heterocycles. The molecule has 40 heavy (non-hydrogen) atoms. The molecule has 1 N–H and O–H groups in total. The molecular formula is C31H28F3N5O. The predicted octanol–water partition coefficient (Wildman–Crippen LogP) is 7.53. The second-order valence-electron chi connectivity index (χ2n) is 9.94. The van der Waals surface area contributed by atoms with Gasteiger partial charge in [-0.25, -0.2) is 9.97 Å². The second-order valence-corrected chi connectivity index (χ2v) is 9.94. The molecule has 2 aromatic carbocycles. The van der Waals surface area contributed by atoms with Crippen LogP contribution in [-0.4, -0.2) is 27.7 Å². The Labute approximate surface area is 229 Å². The van der Waals surface area contributed by atoms with Gasteiger partial charge >= 0.3 is 6.18 Å². The van der Waals surface area contributed by atoms with E-state index >= 15 is 0 Å². The number of methoxy groups -OCH3 is 1. The molecule has 1 saturated carbocycles. The van der Waals surface area contributed by atoms with Crippen LogP contribution in [0.5, 0.6) is 5.88 Å². The molecule has 0 bridgehead atoms. The summed E-state index contributed by atoms with van der Waals surface area (Å²) in [4.78, 5) is 14.4. The van der Waals surface area contributed by atoms with Crippen molar-refractivity contribution in [2.24, 2.45) is 4.99 Å². The third-order valence-electron chi connectivity index (χ3n) is 7.28. The summed E-state index contributed by atoms with van der Waals surface area (Å²) >= 11 is 0. The fraction of sp³-hybridized carbons (Fsp3) is 0.258. The molecule has 6 nitrogen and oxygen atoms in total. The first-order chi connectivity index (χ1) is 19.4. The molecule has 2 heterocycles. The highest BCUT2D eigenvalue weighted by Gasteiger charge is 2.30. The third-order valence-corrected chi connectivity index (χ3v) is 7.28. The molecule has 204 valence electrons. The molecule has 0 amide bonds. The zero-order valence-corrected chi connectivity index (χ0v) is 21.9. The lowest BCUT2D eigenvalue weighted by atomic mass is 9.96. The minimum absolute atomic E-state index is 0.190. The Morgan fingerprint density at radius 2 is 1.70 bits per heavy atom. The molecule has 0 unspecified atom stereocenters. The van der Waals surface area contributed by atoms with Gasteiger partial charge in [-0.2, -0.15) is 13.2 Å². The van der Waals surface area contributed by atoms with Gasteiger partial charge in [0, 0.05) is 11.9 Å². The van der Waals surface area contributed by atoms with Crippen LogP contribution in [0.4, 0.5) is 24.5 Å². The average molecular weight is 544 g/mol. The smallest absolute Gasteiger partial charge is 0.416 e. The van der Waals surface area contributed by atoms with Crippen LogP contribution < -0.4 is 15.4 Å². The van der Waals surface area contributed by atoms with Crippen LogP contribution in [0.15, 0.2) is 84.0 Å². The lowest BCUT2D eigenvalue weighted by Gasteiger charge is -2.22. The molecule has 0 atom stereocenters. The number of nitrogens with zero attached hydrogens (tertiary/aromatic N) is 4. The van der Waals surface area contributed by atoms with E-state index in [-0.39, 0.29) is 6.04 Å². The number of nitrogens with one attached hydrogen (secondary N) is 1. The van der Waals surface area contributed by atoms with Crippen LogP contribution in [0.25, 0.3) is 28.1 Å². The van der Waals surface area contributed by atoms with Crippen molar-refractivity contribution in [1.82, 2.24) is 14.5 Å². The molecule has 0 saturated heterocycles. The first-order valence-corrected chi connectivity index (χ1v) is 13.3. The summed E-state index contributed by atoms with van der Waals surface area (Å²) in [5.41, 5.74) is 4.29. The van der Waals surface area contributed by atoms with E-state index in [0.29, 0.717) is 22.9 Å². The van der Waals surface area contributed by atoms with Crippen molar-refractivity contribution in [3.05, 3.63) is 89.9 Å². The van der Waals surface area contributed by atoms with Crippen LogP contribution in [0, 0.1) is 0 Å². The van der Waals surface area contributed by atoms with E-state index < -0.39 is 11.7 Å². The van der Waals surface area contributed by atoms with E-state index in [0.717, 1.165) is 65.6 Å². The SMILES string of the molecule is COc1ncccc1Nc1cc2nc3ccccc3n(-c3ccc(C(F)(F)F)cc3)c-2c/c1=N\C1CCCCC1. The van der Waals surface area contributed by atoms with E-state index in [1.807, 2.05) is 53.1 Å². The monoisotopic (exact) mass is 543 g/mol. The number of para-hydroxylation sites is 2. The highest BCUT2D eigenvalue weighted by Crippen LogP contribution is 2.34. The standard InChI is InChI=1S/C31H28F3N5O/c1-40-30-24(11-7-17-35-30)38-25-18-27-29(19-26(25)36-21-8-3-2-4-9-21)39(28-12-6-5-10-23(28)37-27)22-15-13-20(14-16-22)31(32,33)34/h5-7,10-19,21,38H,2-4,8-9H2,1H3/b36-26+. The Morgan fingerprint density at radius 1 is 0.925 bits per heavy atom. The van der Waals surface area contributed by atoms with Gasteiger partial charge in [0.05, 0.1) is 52.2 Å². The molecule has 3 aliphatic rings. The maximum atomic E-state index is 13.3. The van der Waals surface area contributed by atoms with E-state index in [9.17, 15) is 13.2 Å². The highest BCUT2D eigenvalue weighted by atomic mass is 19.4. The summed E-state index contributed by atoms with van der Waals surface area (Å²) in [6.45, 7) is 0. The van der Waals surface area contributed by atoms with Crippen molar-refractivity contribution in [3.8, 4) is 23.0 Å². The normalized spacial score (nSPS) is 15.1. The lowest BCUT2D eigenvalue weighted by Crippen LogP contribution is -2.19. The Morgan fingerprint density at radius 3 is 2.45 bits per heavy atom. The van der Waals surface area contributed by atoms with Gasteiger partial charge in [0.2, 0.25) is 5.88 Å². The Hall–Kier alpha value is -4.40. The Balaban J connectivity index is 1.60. The number of benzene rings is 3. The average Bonchev–Trinajstić information content (AvgIpc) is 2.97. The zero-order chi connectivity index (χ0) is 27.7. The summed E-state index contributed by atoms with van der Waals surface area (Å²) in [5.74, 6) is 0.456. The van der Waals surface area contributed by atoms with E-state index in [1.54, 1.807) is 13.3 Å². The first kappa shape index (κ1) is 25.9. The van der Waals surface area contributed by atoms with Crippen LogP contribution in [0.3, 0.4) is 0 Å². The van der Waals surface area contributed by atoms with Gasteiger partial charge in [0.15, 0.2) is 0 Å². The predicted molar refractivity (Wildman–Crippen MR) is 149 cm³/mol. The number of hydrogen-bond acceptors (Lipinski definition) is 5. The number of hydrogen-bond donors (Lipinski definition) is 1. The van der Waals surface area contributed by atoms with E-state index in [4.69, 9.17) is 14.7 Å². The number of rotatable bonds is 5. The fourth-order valence-corrected chi connectivity index (χ4v) is 5.33.